The third-order valence-electron chi connectivity index (χ3n) is 3.78. The fourth-order valence-corrected chi connectivity index (χ4v) is 2.70. The Bertz CT molecular complexity index is 425. The minimum absolute atomic E-state index is 0.781. The zero-order chi connectivity index (χ0) is 12.3. The van der Waals surface area contributed by atoms with Gasteiger partial charge in [-0.15, -0.1) is 0 Å². The van der Waals surface area contributed by atoms with Crippen molar-refractivity contribution in [1.29, 1.82) is 5.26 Å². The van der Waals surface area contributed by atoms with E-state index in [0.29, 0.717) is 0 Å². The van der Waals surface area contributed by atoms with Crippen LogP contribution in [0.25, 0.3) is 0 Å². The highest BCUT2D eigenvalue weighted by atomic mass is 15.1. The summed E-state index contributed by atoms with van der Waals surface area (Å²) >= 11 is 0. The van der Waals surface area contributed by atoms with Crippen LogP contribution in [0.3, 0.4) is 0 Å². The lowest BCUT2D eigenvalue weighted by Crippen LogP contribution is -2.24. The number of hydrogen-bond donors (Lipinski definition) is 0. The van der Waals surface area contributed by atoms with Crippen LogP contribution in [-0.4, -0.2) is 13.6 Å². The van der Waals surface area contributed by atoms with Gasteiger partial charge in [-0.3, -0.25) is 0 Å². The number of nitrogens with zero attached hydrogens (tertiary/aromatic N) is 2. The van der Waals surface area contributed by atoms with Crippen LogP contribution in [0.4, 0.5) is 5.69 Å². The third kappa shape index (κ3) is 2.79. The Kier molecular flexibility index (Phi) is 3.68. The van der Waals surface area contributed by atoms with Crippen LogP contribution in [0.15, 0.2) is 18.2 Å². The largest absolute Gasteiger partial charge is 0.374 e. The molecule has 0 amide bonds. The summed E-state index contributed by atoms with van der Waals surface area (Å²) in [6, 6.07) is 8.32. The number of hydrogen-bond acceptors (Lipinski definition) is 2. The average molecular weight is 228 g/mol. The Morgan fingerprint density at radius 2 is 2.06 bits per heavy atom. The molecule has 0 aromatic heterocycles. The molecule has 0 atom stereocenters. The summed E-state index contributed by atoms with van der Waals surface area (Å²) in [7, 11) is 2.15. The Labute approximate surface area is 104 Å². The topological polar surface area (TPSA) is 27.0 Å². The van der Waals surface area contributed by atoms with Crippen molar-refractivity contribution < 1.29 is 0 Å². The van der Waals surface area contributed by atoms with E-state index < -0.39 is 0 Å². The normalized spacial score (nSPS) is 15.8. The van der Waals surface area contributed by atoms with Gasteiger partial charge in [-0.25, -0.2) is 0 Å². The molecule has 1 saturated carbocycles. The Morgan fingerprint density at radius 1 is 1.35 bits per heavy atom. The number of aryl methyl sites for hydroxylation is 1. The standard InChI is InChI=1S/C15H20N2/c1-12-9-15(8-7-14(12)10-16)17(2)11-13-5-3-4-6-13/h7-9,13H,3-6,11H2,1-2H3. The number of benzene rings is 1. The minimum Gasteiger partial charge on any atom is -0.374 e. The molecule has 2 nitrogen and oxygen atoms in total. The van der Waals surface area contributed by atoms with E-state index in [1.165, 1.54) is 31.4 Å². The zero-order valence-corrected chi connectivity index (χ0v) is 10.7. The number of rotatable bonds is 3. The van der Waals surface area contributed by atoms with Gasteiger partial charge < -0.3 is 4.90 Å². The molecule has 0 heterocycles. The molecule has 2 rings (SSSR count). The van der Waals surface area contributed by atoms with Gasteiger partial charge in [-0.1, -0.05) is 12.8 Å². The van der Waals surface area contributed by atoms with Crippen molar-refractivity contribution in [2.75, 3.05) is 18.5 Å². The van der Waals surface area contributed by atoms with Gasteiger partial charge in [0.25, 0.3) is 0 Å². The molecule has 1 aromatic rings. The van der Waals surface area contributed by atoms with Crippen LogP contribution in [0.2, 0.25) is 0 Å². The van der Waals surface area contributed by atoms with E-state index in [1.807, 2.05) is 13.0 Å². The maximum Gasteiger partial charge on any atom is 0.0994 e. The van der Waals surface area contributed by atoms with Gasteiger partial charge >= 0.3 is 0 Å². The van der Waals surface area contributed by atoms with E-state index in [0.717, 1.165) is 23.6 Å². The van der Waals surface area contributed by atoms with Crippen LogP contribution >= 0.6 is 0 Å². The summed E-state index contributed by atoms with van der Waals surface area (Å²) in [5.41, 5.74) is 3.08. The second-order valence-electron chi connectivity index (χ2n) is 5.14. The quantitative estimate of drug-likeness (QED) is 0.791. The van der Waals surface area contributed by atoms with Gasteiger partial charge in [0.1, 0.15) is 0 Å². The molecule has 17 heavy (non-hydrogen) atoms. The van der Waals surface area contributed by atoms with Crippen LogP contribution < -0.4 is 4.90 Å². The SMILES string of the molecule is Cc1cc(N(C)CC2CCCC2)ccc1C#N. The van der Waals surface area contributed by atoms with Gasteiger partial charge in [-0.2, -0.15) is 5.26 Å². The molecule has 0 spiro atoms. The van der Waals surface area contributed by atoms with E-state index >= 15 is 0 Å². The van der Waals surface area contributed by atoms with Gasteiger partial charge in [0.15, 0.2) is 0 Å². The molecular formula is C15H20N2. The van der Waals surface area contributed by atoms with Gasteiger partial charge in [0.2, 0.25) is 0 Å². The predicted octanol–water partition coefficient (Wildman–Crippen LogP) is 3.49. The molecule has 0 saturated heterocycles. The maximum absolute atomic E-state index is 8.91. The van der Waals surface area contributed by atoms with E-state index in [2.05, 4.69) is 30.1 Å². The van der Waals surface area contributed by atoms with Gasteiger partial charge in [0.05, 0.1) is 11.6 Å². The lowest BCUT2D eigenvalue weighted by molar-refractivity contribution is 0.547. The van der Waals surface area contributed by atoms with Crippen LogP contribution in [0.5, 0.6) is 0 Å². The summed E-state index contributed by atoms with van der Waals surface area (Å²) < 4.78 is 0. The summed E-state index contributed by atoms with van der Waals surface area (Å²) in [4.78, 5) is 2.32. The molecule has 1 aliphatic carbocycles. The van der Waals surface area contributed by atoms with Gasteiger partial charge in [0, 0.05) is 19.3 Å². The zero-order valence-electron chi connectivity index (χ0n) is 10.7. The van der Waals surface area contributed by atoms with Crippen molar-refractivity contribution in [2.24, 2.45) is 5.92 Å². The lowest BCUT2D eigenvalue weighted by Gasteiger charge is -2.23. The predicted molar refractivity (Wildman–Crippen MR) is 71.1 cm³/mol. The molecule has 1 aromatic carbocycles. The Balaban J connectivity index is 2.06. The highest BCUT2D eigenvalue weighted by Crippen LogP contribution is 2.27. The average Bonchev–Trinajstić information content (AvgIpc) is 2.81. The van der Waals surface area contributed by atoms with Crippen LogP contribution in [0.1, 0.15) is 36.8 Å². The van der Waals surface area contributed by atoms with Crippen LogP contribution in [0, 0.1) is 24.2 Å². The Hall–Kier alpha value is -1.49. The smallest absolute Gasteiger partial charge is 0.0994 e. The first-order valence-corrected chi connectivity index (χ1v) is 6.42. The second kappa shape index (κ2) is 5.23. The maximum atomic E-state index is 8.91. The Morgan fingerprint density at radius 3 is 2.65 bits per heavy atom. The van der Waals surface area contributed by atoms with E-state index in [-0.39, 0.29) is 0 Å². The van der Waals surface area contributed by atoms with Crippen molar-refractivity contribution in [3.8, 4) is 6.07 Å². The molecule has 1 aliphatic rings. The first-order valence-electron chi connectivity index (χ1n) is 6.42. The van der Waals surface area contributed by atoms with Crippen molar-refractivity contribution >= 4 is 5.69 Å². The first kappa shape index (κ1) is 12.0. The molecule has 0 bridgehead atoms. The monoisotopic (exact) mass is 228 g/mol. The third-order valence-corrected chi connectivity index (χ3v) is 3.78. The molecule has 0 aliphatic heterocycles. The van der Waals surface area contributed by atoms with Crippen molar-refractivity contribution in [2.45, 2.75) is 32.6 Å². The first-order chi connectivity index (χ1) is 8.20. The van der Waals surface area contributed by atoms with Crippen molar-refractivity contribution in [3.63, 3.8) is 0 Å². The minimum atomic E-state index is 0.781. The second-order valence-corrected chi connectivity index (χ2v) is 5.14. The molecule has 0 unspecified atom stereocenters. The highest BCUT2D eigenvalue weighted by molar-refractivity contribution is 5.53. The number of nitriles is 1. The summed E-state index contributed by atoms with van der Waals surface area (Å²) in [5, 5.41) is 8.91. The molecule has 0 N–H and O–H groups in total. The molecule has 0 radical (unpaired) electrons. The van der Waals surface area contributed by atoms with Crippen molar-refractivity contribution in [3.05, 3.63) is 29.3 Å². The summed E-state index contributed by atoms with van der Waals surface area (Å²) in [6.07, 6.45) is 5.54. The van der Waals surface area contributed by atoms with Gasteiger partial charge in [-0.05, 0) is 49.4 Å². The fourth-order valence-electron chi connectivity index (χ4n) is 2.70. The highest BCUT2D eigenvalue weighted by Gasteiger charge is 2.17. The lowest BCUT2D eigenvalue weighted by atomic mass is 10.1. The molecule has 1 fully saturated rings. The van der Waals surface area contributed by atoms with E-state index in [9.17, 15) is 0 Å². The summed E-state index contributed by atoms with van der Waals surface area (Å²) in [6.45, 7) is 3.15. The van der Waals surface area contributed by atoms with Crippen LogP contribution in [-0.2, 0) is 0 Å². The molecule has 90 valence electrons. The number of anilines is 1. The van der Waals surface area contributed by atoms with Crippen molar-refractivity contribution in [1.82, 2.24) is 0 Å². The molecule has 2 heteroatoms. The summed E-state index contributed by atoms with van der Waals surface area (Å²) in [5.74, 6) is 0.857. The fraction of sp³-hybridized carbons (Fsp3) is 0.533. The molecular weight excluding hydrogens is 208 g/mol. The van der Waals surface area contributed by atoms with E-state index in [4.69, 9.17) is 5.26 Å². The van der Waals surface area contributed by atoms with E-state index in [1.54, 1.807) is 0 Å².